The molecule has 0 radical (unpaired) electrons. The fourth-order valence-corrected chi connectivity index (χ4v) is 3.58. The third-order valence-corrected chi connectivity index (χ3v) is 5.62. The molecule has 5 nitrogen and oxygen atoms in total. The Morgan fingerprint density at radius 3 is 2.50 bits per heavy atom. The number of hydrogen-bond donors (Lipinski definition) is 1. The van der Waals surface area contributed by atoms with Crippen molar-refractivity contribution in [2.75, 3.05) is 13.2 Å². The number of carbonyl (C=O) groups is 2. The van der Waals surface area contributed by atoms with Crippen molar-refractivity contribution in [1.29, 1.82) is 0 Å². The summed E-state index contributed by atoms with van der Waals surface area (Å²) >= 11 is 6.00. The molecule has 1 N–H and O–H groups in total. The van der Waals surface area contributed by atoms with Crippen LogP contribution in [0.4, 0.5) is 0 Å². The molecule has 0 spiro atoms. The SMILES string of the molecule is CCCCNC(=O)C(C)N(Cc1ccc(Cl)cc1)C(=O)COc1cccc2ccccc12. The van der Waals surface area contributed by atoms with E-state index in [1.807, 2.05) is 54.6 Å². The number of benzene rings is 3. The summed E-state index contributed by atoms with van der Waals surface area (Å²) in [5, 5.41) is 5.52. The van der Waals surface area contributed by atoms with Gasteiger partial charge in [-0.3, -0.25) is 9.59 Å². The summed E-state index contributed by atoms with van der Waals surface area (Å²) in [6, 6.07) is 20.2. The second kappa shape index (κ2) is 11.5. The van der Waals surface area contributed by atoms with Crippen LogP contribution < -0.4 is 10.1 Å². The van der Waals surface area contributed by atoms with Gasteiger partial charge in [0, 0.05) is 23.5 Å². The third kappa shape index (κ3) is 6.24. The van der Waals surface area contributed by atoms with Crippen LogP contribution in [0.5, 0.6) is 5.75 Å². The maximum atomic E-state index is 13.2. The molecule has 0 aromatic heterocycles. The van der Waals surface area contributed by atoms with Crippen LogP contribution in [0.25, 0.3) is 10.8 Å². The van der Waals surface area contributed by atoms with Gasteiger partial charge in [0.2, 0.25) is 5.91 Å². The molecule has 3 aromatic carbocycles. The lowest BCUT2D eigenvalue weighted by molar-refractivity contribution is -0.142. The standard InChI is InChI=1S/C26H29ClN2O3/c1-3-4-16-28-26(31)19(2)29(17-20-12-14-22(27)15-13-20)25(30)18-32-24-11-7-9-21-8-5-6-10-23(21)24/h5-15,19H,3-4,16-18H2,1-2H3,(H,28,31). The average Bonchev–Trinajstić information content (AvgIpc) is 2.81. The quantitative estimate of drug-likeness (QED) is 0.430. The molecule has 0 saturated heterocycles. The number of nitrogens with one attached hydrogen (secondary N) is 1. The van der Waals surface area contributed by atoms with Gasteiger partial charge in [0.15, 0.2) is 6.61 Å². The van der Waals surface area contributed by atoms with Gasteiger partial charge < -0.3 is 15.0 Å². The number of ether oxygens (including phenoxy) is 1. The molecule has 0 saturated carbocycles. The molecule has 1 atom stereocenters. The highest BCUT2D eigenvalue weighted by Crippen LogP contribution is 2.25. The van der Waals surface area contributed by atoms with E-state index in [9.17, 15) is 9.59 Å². The van der Waals surface area contributed by atoms with Gasteiger partial charge in [0.1, 0.15) is 11.8 Å². The molecule has 3 aromatic rings. The number of hydrogen-bond acceptors (Lipinski definition) is 3. The van der Waals surface area contributed by atoms with Crippen molar-refractivity contribution in [3.05, 3.63) is 77.3 Å². The summed E-state index contributed by atoms with van der Waals surface area (Å²) in [6.45, 7) is 4.53. The number of rotatable bonds is 10. The van der Waals surface area contributed by atoms with Crippen LogP contribution in [-0.2, 0) is 16.1 Å². The second-order valence-corrected chi connectivity index (χ2v) is 8.17. The van der Waals surface area contributed by atoms with Crippen LogP contribution in [0.3, 0.4) is 0 Å². The number of carbonyl (C=O) groups excluding carboxylic acids is 2. The van der Waals surface area contributed by atoms with Gasteiger partial charge >= 0.3 is 0 Å². The fraction of sp³-hybridized carbons (Fsp3) is 0.308. The van der Waals surface area contributed by atoms with Crippen molar-refractivity contribution < 1.29 is 14.3 Å². The first-order valence-corrected chi connectivity index (χ1v) is 11.3. The third-order valence-electron chi connectivity index (χ3n) is 5.36. The molecule has 0 aliphatic carbocycles. The van der Waals surface area contributed by atoms with Gasteiger partial charge in [0.25, 0.3) is 5.91 Å². The number of fused-ring (bicyclic) bond motifs is 1. The monoisotopic (exact) mass is 452 g/mol. The van der Waals surface area contributed by atoms with Crippen molar-refractivity contribution in [3.63, 3.8) is 0 Å². The Hall–Kier alpha value is -3.05. The topological polar surface area (TPSA) is 58.6 Å². The summed E-state index contributed by atoms with van der Waals surface area (Å²) in [7, 11) is 0. The molecular weight excluding hydrogens is 424 g/mol. The highest BCUT2D eigenvalue weighted by atomic mass is 35.5. The van der Waals surface area contributed by atoms with Gasteiger partial charge in [-0.2, -0.15) is 0 Å². The van der Waals surface area contributed by atoms with E-state index in [4.69, 9.17) is 16.3 Å². The van der Waals surface area contributed by atoms with Crippen molar-refractivity contribution in [2.24, 2.45) is 0 Å². The van der Waals surface area contributed by atoms with Crippen molar-refractivity contribution >= 4 is 34.2 Å². The summed E-state index contributed by atoms with van der Waals surface area (Å²) in [4.78, 5) is 27.4. The van der Waals surface area contributed by atoms with E-state index in [1.165, 1.54) is 0 Å². The number of amides is 2. The molecule has 168 valence electrons. The number of halogens is 1. The van der Waals surface area contributed by atoms with E-state index in [-0.39, 0.29) is 25.0 Å². The molecule has 0 fully saturated rings. The smallest absolute Gasteiger partial charge is 0.261 e. The highest BCUT2D eigenvalue weighted by molar-refractivity contribution is 6.30. The van der Waals surface area contributed by atoms with Crippen LogP contribution in [-0.4, -0.2) is 35.9 Å². The number of unbranched alkanes of at least 4 members (excludes halogenated alkanes) is 1. The zero-order chi connectivity index (χ0) is 22.9. The van der Waals surface area contributed by atoms with E-state index in [0.717, 1.165) is 29.2 Å². The first kappa shape index (κ1) is 23.6. The normalized spacial score (nSPS) is 11.7. The Balaban J connectivity index is 1.75. The van der Waals surface area contributed by atoms with Crippen LogP contribution in [0, 0.1) is 0 Å². The molecular formula is C26H29ClN2O3. The minimum absolute atomic E-state index is 0.159. The molecule has 6 heteroatoms. The highest BCUT2D eigenvalue weighted by Gasteiger charge is 2.26. The zero-order valence-corrected chi connectivity index (χ0v) is 19.3. The van der Waals surface area contributed by atoms with Crippen LogP contribution in [0.1, 0.15) is 32.3 Å². The maximum absolute atomic E-state index is 13.2. The van der Waals surface area contributed by atoms with Crippen molar-refractivity contribution in [1.82, 2.24) is 10.2 Å². The molecule has 32 heavy (non-hydrogen) atoms. The number of nitrogens with zero attached hydrogens (tertiary/aromatic N) is 1. The minimum atomic E-state index is -0.633. The van der Waals surface area contributed by atoms with Crippen molar-refractivity contribution in [2.45, 2.75) is 39.3 Å². The summed E-state index contributed by atoms with van der Waals surface area (Å²) < 4.78 is 5.90. The Kier molecular flexibility index (Phi) is 8.51. The maximum Gasteiger partial charge on any atom is 0.261 e. The van der Waals surface area contributed by atoms with Crippen molar-refractivity contribution in [3.8, 4) is 5.75 Å². The van der Waals surface area contributed by atoms with E-state index in [1.54, 1.807) is 24.0 Å². The lowest BCUT2D eigenvalue weighted by atomic mass is 10.1. The lowest BCUT2D eigenvalue weighted by Crippen LogP contribution is -2.49. The lowest BCUT2D eigenvalue weighted by Gasteiger charge is -2.29. The summed E-state index contributed by atoms with van der Waals surface area (Å²) in [5.74, 6) is 0.208. The van der Waals surface area contributed by atoms with E-state index in [2.05, 4.69) is 12.2 Å². The van der Waals surface area contributed by atoms with Gasteiger partial charge in [-0.15, -0.1) is 0 Å². The molecule has 1 unspecified atom stereocenters. The summed E-state index contributed by atoms with van der Waals surface area (Å²) in [6.07, 6.45) is 1.88. The molecule has 0 heterocycles. The van der Waals surface area contributed by atoms with Crippen LogP contribution in [0.15, 0.2) is 66.7 Å². The zero-order valence-electron chi connectivity index (χ0n) is 18.5. The minimum Gasteiger partial charge on any atom is -0.483 e. The van der Waals surface area contributed by atoms with Gasteiger partial charge in [-0.1, -0.05) is 73.5 Å². The average molecular weight is 453 g/mol. The molecule has 0 bridgehead atoms. The Labute approximate surface area is 194 Å². The predicted octanol–water partition coefficient (Wildman–Crippen LogP) is 5.21. The first-order chi connectivity index (χ1) is 15.5. The Morgan fingerprint density at radius 1 is 1.03 bits per heavy atom. The van der Waals surface area contributed by atoms with Gasteiger partial charge in [-0.25, -0.2) is 0 Å². The largest absolute Gasteiger partial charge is 0.483 e. The fourth-order valence-electron chi connectivity index (χ4n) is 3.45. The van der Waals surface area contributed by atoms with E-state index >= 15 is 0 Å². The van der Waals surface area contributed by atoms with Crippen LogP contribution in [0.2, 0.25) is 5.02 Å². The predicted molar refractivity (Wildman–Crippen MR) is 129 cm³/mol. The first-order valence-electron chi connectivity index (χ1n) is 10.9. The summed E-state index contributed by atoms with van der Waals surface area (Å²) in [5.41, 5.74) is 0.890. The van der Waals surface area contributed by atoms with Gasteiger partial charge in [-0.05, 0) is 42.5 Å². The van der Waals surface area contributed by atoms with E-state index < -0.39 is 6.04 Å². The molecule has 3 rings (SSSR count). The Bertz CT molecular complexity index is 1050. The Morgan fingerprint density at radius 2 is 1.75 bits per heavy atom. The molecule has 0 aliphatic heterocycles. The van der Waals surface area contributed by atoms with Crippen LogP contribution >= 0.6 is 11.6 Å². The van der Waals surface area contributed by atoms with Gasteiger partial charge in [0.05, 0.1) is 0 Å². The van der Waals surface area contributed by atoms with E-state index in [0.29, 0.717) is 17.3 Å². The molecule has 0 aliphatic rings. The second-order valence-electron chi connectivity index (χ2n) is 7.73. The molecule has 2 amide bonds.